The zero-order valence-corrected chi connectivity index (χ0v) is 10.1. The van der Waals surface area contributed by atoms with Gasteiger partial charge in [-0.15, -0.1) is 6.58 Å². The quantitative estimate of drug-likeness (QED) is 0.623. The molecule has 0 aromatic heterocycles. The molecule has 1 aromatic carbocycles. The van der Waals surface area contributed by atoms with Gasteiger partial charge in [-0.1, -0.05) is 6.08 Å². The Hall–Kier alpha value is -1.62. The monoisotopic (exact) mass is 254 g/mol. The lowest BCUT2D eigenvalue weighted by atomic mass is 10.2. The minimum Gasteiger partial charge on any atom is -0.478 e. The Kier molecular flexibility index (Phi) is 4.45. The Morgan fingerprint density at radius 1 is 1.29 bits per heavy atom. The van der Waals surface area contributed by atoms with E-state index in [4.69, 9.17) is 5.11 Å². The maximum absolute atomic E-state index is 11.8. The maximum atomic E-state index is 11.8. The first-order valence-electron chi connectivity index (χ1n) is 5.14. The van der Waals surface area contributed by atoms with Crippen LogP contribution in [0.3, 0.4) is 0 Å². The summed E-state index contributed by atoms with van der Waals surface area (Å²) in [5.41, 5.74) is 0.0787. The van der Waals surface area contributed by atoms with Gasteiger partial charge < -0.3 is 5.11 Å². The lowest BCUT2D eigenvalue weighted by Crippen LogP contribution is -2.07. The number of rotatable bonds is 6. The van der Waals surface area contributed by atoms with Crippen LogP contribution >= 0.6 is 0 Å². The van der Waals surface area contributed by atoms with Crippen LogP contribution < -0.4 is 0 Å². The summed E-state index contributed by atoms with van der Waals surface area (Å²) in [6, 6.07) is 5.24. The van der Waals surface area contributed by atoms with Gasteiger partial charge in [0.1, 0.15) is 0 Å². The molecule has 0 atom stereocenters. The van der Waals surface area contributed by atoms with Crippen molar-refractivity contribution in [2.45, 2.75) is 17.7 Å². The molecule has 0 bridgehead atoms. The summed E-state index contributed by atoms with van der Waals surface area (Å²) in [6.45, 7) is 3.52. The fourth-order valence-electron chi connectivity index (χ4n) is 1.34. The molecule has 0 amide bonds. The van der Waals surface area contributed by atoms with E-state index < -0.39 is 15.8 Å². The van der Waals surface area contributed by atoms with Gasteiger partial charge in [-0.3, -0.25) is 0 Å². The van der Waals surface area contributed by atoms with E-state index in [1.54, 1.807) is 6.08 Å². The Morgan fingerprint density at radius 2 is 1.88 bits per heavy atom. The van der Waals surface area contributed by atoms with Crippen LogP contribution in [0.2, 0.25) is 0 Å². The molecule has 0 aliphatic rings. The van der Waals surface area contributed by atoms with Gasteiger partial charge in [0, 0.05) is 0 Å². The molecule has 1 rings (SSSR count). The van der Waals surface area contributed by atoms with Gasteiger partial charge in [0.15, 0.2) is 9.84 Å². The third kappa shape index (κ3) is 3.71. The summed E-state index contributed by atoms with van der Waals surface area (Å²) in [6.07, 6.45) is 2.84. The molecule has 0 saturated heterocycles. The van der Waals surface area contributed by atoms with Gasteiger partial charge in [-0.05, 0) is 37.1 Å². The van der Waals surface area contributed by atoms with Gasteiger partial charge >= 0.3 is 5.97 Å². The Morgan fingerprint density at radius 3 is 2.35 bits per heavy atom. The van der Waals surface area contributed by atoms with E-state index in [9.17, 15) is 13.2 Å². The zero-order chi connectivity index (χ0) is 12.9. The number of sulfone groups is 1. The molecule has 0 aliphatic carbocycles. The summed E-state index contributed by atoms with van der Waals surface area (Å²) >= 11 is 0. The van der Waals surface area contributed by atoms with Crippen molar-refractivity contribution in [3.63, 3.8) is 0 Å². The largest absolute Gasteiger partial charge is 0.478 e. The number of carboxylic acid groups (broad SMARTS) is 1. The van der Waals surface area contributed by atoms with Crippen LogP contribution in [0.4, 0.5) is 0 Å². The summed E-state index contributed by atoms with van der Waals surface area (Å²) in [4.78, 5) is 10.8. The van der Waals surface area contributed by atoms with Crippen LogP contribution in [-0.2, 0) is 9.84 Å². The third-order valence-corrected chi connectivity index (χ3v) is 4.10. The third-order valence-electron chi connectivity index (χ3n) is 2.28. The number of carbonyl (C=O) groups is 1. The van der Waals surface area contributed by atoms with E-state index in [1.807, 2.05) is 0 Å². The molecule has 0 heterocycles. The number of benzene rings is 1. The van der Waals surface area contributed by atoms with E-state index in [0.29, 0.717) is 12.8 Å². The molecule has 0 aliphatic heterocycles. The van der Waals surface area contributed by atoms with Crippen LogP contribution in [0, 0.1) is 0 Å². The summed E-state index contributed by atoms with van der Waals surface area (Å²) in [5, 5.41) is 8.69. The van der Waals surface area contributed by atoms with Crippen molar-refractivity contribution in [3.8, 4) is 0 Å². The van der Waals surface area contributed by atoms with Gasteiger partial charge in [-0.25, -0.2) is 13.2 Å². The molecule has 1 N–H and O–H groups in total. The van der Waals surface area contributed by atoms with Crippen molar-refractivity contribution in [3.05, 3.63) is 42.5 Å². The first-order chi connectivity index (χ1) is 7.97. The van der Waals surface area contributed by atoms with E-state index in [1.165, 1.54) is 24.3 Å². The van der Waals surface area contributed by atoms with Crippen LogP contribution in [0.15, 0.2) is 41.8 Å². The molecule has 5 heteroatoms. The molecule has 0 spiro atoms. The van der Waals surface area contributed by atoms with E-state index in [-0.39, 0.29) is 16.2 Å². The Bertz CT molecular complexity index is 500. The first kappa shape index (κ1) is 13.4. The van der Waals surface area contributed by atoms with Crippen LogP contribution in [0.1, 0.15) is 23.2 Å². The average Bonchev–Trinajstić information content (AvgIpc) is 2.29. The van der Waals surface area contributed by atoms with Gasteiger partial charge in [-0.2, -0.15) is 0 Å². The molecule has 17 heavy (non-hydrogen) atoms. The van der Waals surface area contributed by atoms with Crippen LogP contribution in [-0.4, -0.2) is 25.2 Å². The molecule has 1 aromatic rings. The van der Waals surface area contributed by atoms with E-state index in [2.05, 4.69) is 6.58 Å². The Balaban J connectivity index is 2.85. The fourth-order valence-corrected chi connectivity index (χ4v) is 2.67. The summed E-state index contributed by atoms with van der Waals surface area (Å²) < 4.78 is 23.6. The lowest BCUT2D eigenvalue weighted by Gasteiger charge is -2.03. The number of hydrogen-bond acceptors (Lipinski definition) is 3. The molecule has 0 radical (unpaired) electrons. The second kappa shape index (κ2) is 5.63. The van der Waals surface area contributed by atoms with E-state index >= 15 is 0 Å². The highest BCUT2D eigenvalue weighted by molar-refractivity contribution is 7.91. The normalized spacial score (nSPS) is 11.1. The van der Waals surface area contributed by atoms with Crippen LogP contribution in [0.25, 0.3) is 0 Å². The highest BCUT2D eigenvalue weighted by atomic mass is 32.2. The van der Waals surface area contributed by atoms with Crippen molar-refractivity contribution < 1.29 is 18.3 Å². The van der Waals surface area contributed by atoms with Crippen LogP contribution in [0.5, 0.6) is 0 Å². The number of hydrogen-bond donors (Lipinski definition) is 1. The molecular formula is C12H14O4S. The molecule has 92 valence electrons. The number of carboxylic acids is 1. The minimum atomic E-state index is -3.32. The number of aromatic carboxylic acids is 1. The minimum absolute atomic E-state index is 0.0471. The lowest BCUT2D eigenvalue weighted by molar-refractivity contribution is 0.0697. The molecular weight excluding hydrogens is 240 g/mol. The second-order valence-electron chi connectivity index (χ2n) is 3.58. The van der Waals surface area contributed by atoms with Gasteiger partial charge in [0.25, 0.3) is 0 Å². The smallest absolute Gasteiger partial charge is 0.335 e. The zero-order valence-electron chi connectivity index (χ0n) is 9.30. The van der Waals surface area contributed by atoms with Crippen molar-refractivity contribution in [2.24, 2.45) is 0 Å². The molecule has 0 unspecified atom stereocenters. The van der Waals surface area contributed by atoms with E-state index in [0.717, 1.165) is 0 Å². The van der Waals surface area contributed by atoms with Crippen molar-refractivity contribution in [2.75, 3.05) is 5.75 Å². The highest BCUT2D eigenvalue weighted by Gasteiger charge is 2.14. The molecule has 0 saturated carbocycles. The van der Waals surface area contributed by atoms with Crippen molar-refractivity contribution in [1.82, 2.24) is 0 Å². The average molecular weight is 254 g/mol. The van der Waals surface area contributed by atoms with Gasteiger partial charge in [0.05, 0.1) is 16.2 Å². The summed E-state index contributed by atoms with van der Waals surface area (Å²) in [7, 11) is -3.32. The van der Waals surface area contributed by atoms with Gasteiger partial charge in [0.2, 0.25) is 0 Å². The predicted molar refractivity (Wildman–Crippen MR) is 64.9 cm³/mol. The number of unbranched alkanes of at least 4 members (excludes halogenated alkanes) is 1. The standard InChI is InChI=1S/C12H14O4S/c1-2-3-4-9-17(15,16)11-7-5-10(6-8-11)12(13)14/h2,5-8H,1,3-4,9H2,(H,13,14). The van der Waals surface area contributed by atoms with Crippen molar-refractivity contribution in [1.29, 1.82) is 0 Å². The molecule has 0 fully saturated rings. The topological polar surface area (TPSA) is 71.4 Å². The second-order valence-corrected chi connectivity index (χ2v) is 5.69. The Labute approximate surface area is 101 Å². The fraction of sp³-hybridized carbons (Fsp3) is 0.250. The SMILES string of the molecule is C=CCCCS(=O)(=O)c1ccc(C(=O)O)cc1. The predicted octanol–water partition coefficient (Wildman–Crippen LogP) is 2.12. The first-order valence-corrected chi connectivity index (χ1v) is 6.79. The summed E-state index contributed by atoms with van der Waals surface area (Å²) in [5.74, 6) is -1.02. The highest BCUT2D eigenvalue weighted by Crippen LogP contribution is 2.14. The number of allylic oxidation sites excluding steroid dienone is 1. The maximum Gasteiger partial charge on any atom is 0.335 e. The molecule has 4 nitrogen and oxygen atoms in total. The van der Waals surface area contributed by atoms with Crippen molar-refractivity contribution >= 4 is 15.8 Å².